The van der Waals surface area contributed by atoms with Crippen molar-refractivity contribution >= 4 is 76.2 Å². The molecule has 260 valence electrons. The fourth-order valence-corrected chi connectivity index (χ4v) is 9.25. The third-order valence-corrected chi connectivity index (χ3v) is 11.7. The maximum absolute atomic E-state index is 6.96. The second kappa shape index (κ2) is 12.0. The standard InChI is InChI=1S/C54H32O2/c1-2-18-36-33(14-1)15-12-26-40(36)50-41-20-3-5-22-43(41)51(44-23-6-4-21-42(44)50)47-31-30-37(52-46-24-8-10-29-49(46)56-54(47)52)34-16-11-17-35(32-34)38-25-13-27-45-39-19-7-9-28-48(39)55-53(38)45/h1-32H. The van der Waals surface area contributed by atoms with E-state index in [-0.39, 0.29) is 0 Å². The van der Waals surface area contributed by atoms with Gasteiger partial charge in [-0.2, -0.15) is 0 Å². The molecular formula is C54H32O2. The number of hydrogen-bond donors (Lipinski definition) is 0. The summed E-state index contributed by atoms with van der Waals surface area (Å²) >= 11 is 0. The van der Waals surface area contributed by atoms with Gasteiger partial charge in [-0.1, -0.05) is 170 Å². The quantitative estimate of drug-likeness (QED) is 0.170. The van der Waals surface area contributed by atoms with Crippen LogP contribution in [0.4, 0.5) is 0 Å². The van der Waals surface area contributed by atoms with Crippen LogP contribution in [-0.2, 0) is 0 Å². The van der Waals surface area contributed by atoms with Crippen LogP contribution in [0.25, 0.3) is 121 Å². The van der Waals surface area contributed by atoms with E-state index >= 15 is 0 Å². The molecule has 12 rings (SSSR count). The molecule has 0 aliphatic rings. The van der Waals surface area contributed by atoms with Gasteiger partial charge in [0.15, 0.2) is 0 Å². The van der Waals surface area contributed by atoms with Gasteiger partial charge < -0.3 is 8.83 Å². The van der Waals surface area contributed by atoms with Crippen molar-refractivity contribution in [3.05, 3.63) is 194 Å². The van der Waals surface area contributed by atoms with E-state index in [1.165, 1.54) is 49.0 Å². The summed E-state index contributed by atoms with van der Waals surface area (Å²) in [5.41, 5.74) is 12.8. The summed E-state index contributed by atoms with van der Waals surface area (Å²) in [6, 6.07) is 69.6. The molecule has 0 radical (unpaired) electrons. The predicted octanol–water partition coefficient (Wildman–Crippen LogP) is 15.6. The van der Waals surface area contributed by atoms with E-state index < -0.39 is 0 Å². The minimum atomic E-state index is 0.875. The van der Waals surface area contributed by atoms with Crippen molar-refractivity contribution in [1.82, 2.24) is 0 Å². The second-order valence-electron chi connectivity index (χ2n) is 14.7. The zero-order chi connectivity index (χ0) is 36.7. The van der Waals surface area contributed by atoms with Crippen molar-refractivity contribution in [1.29, 1.82) is 0 Å². The van der Waals surface area contributed by atoms with Gasteiger partial charge >= 0.3 is 0 Å². The largest absolute Gasteiger partial charge is 0.455 e. The van der Waals surface area contributed by atoms with Crippen molar-refractivity contribution in [2.24, 2.45) is 0 Å². The number of furan rings is 2. The van der Waals surface area contributed by atoms with Crippen molar-refractivity contribution in [2.45, 2.75) is 0 Å². The minimum Gasteiger partial charge on any atom is -0.455 e. The Hall–Kier alpha value is -7.42. The third kappa shape index (κ3) is 4.50. The Balaban J connectivity index is 1.12. The van der Waals surface area contributed by atoms with Crippen LogP contribution in [0.15, 0.2) is 203 Å². The number of rotatable bonds is 4. The van der Waals surface area contributed by atoms with Gasteiger partial charge in [-0.05, 0) is 84.4 Å². The fourth-order valence-electron chi connectivity index (χ4n) is 9.25. The smallest absolute Gasteiger partial charge is 0.143 e. The first kappa shape index (κ1) is 31.0. The van der Waals surface area contributed by atoms with E-state index in [9.17, 15) is 0 Å². The number of benzene rings is 10. The van der Waals surface area contributed by atoms with Crippen LogP contribution in [0, 0.1) is 0 Å². The van der Waals surface area contributed by atoms with Crippen LogP contribution in [0.3, 0.4) is 0 Å². The molecule has 10 aromatic carbocycles. The summed E-state index contributed by atoms with van der Waals surface area (Å²) in [6.07, 6.45) is 0. The van der Waals surface area contributed by atoms with Crippen LogP contribution >= 0.6 is 0 Å². The number of hydrogen-bond acceptors (Lipinski definition) is 2. The first-order chi connectivity index (χ1) is 27.8. The normalized spacial score (nSPS) is 11.9. The Morgan fingerprint density at radius 2 is 0.732 bits per heavy atom. The van der Waals surface area contributed by atoms with Crippen molar-refractivity contribution < 1.29 is 8.83 Å². The molecule has 0 N–H and O–H groups in total. The van der Waals surface area contributed by atoms with Crippen LogP contribution in [0.2, 0.25) is 0 Å². The lowest BCUT2D eigenvalue weighted by Gasteiger charge is -2.19. The Kier molecular flexibility index (Phi) is 6.66. The zero-order valence-electron chi connectivity index (χ0n) is 30.3. The van der Waals surface area contributed by atoms with Gasteiger partial charge in [-0.3, -0.25) is 0 Å². The molecule has 2 heteroatoms. The molecule has 12 aromatic rings. The highest BCUT2D eigenvalue weighted by atomic mass is 16.3. The Labute approximate surface area is 322 Å². The molecule has 0 amide bonds. The molecular weight excluding hydrogens is 681 g/mol. The molecule has 0 spiro atoms. The van der Waals surface area contributed by atoms with Crippen LogP contribution in [0.5, 0.6) is 0 Å². The number of fused-ring (bicyclic) bond motifs is 9. The highest BCUT2D eigenvalue weighted by Crippen LogP contribution is 2.49. The van der Waals surface area contributed by atoms with Crippen LogP contribution in [0.1, 0.15) is 0 Å². The summed E-state index contributed by atoms with van der Waals surface area (Å²) in [5, 5.41) is 11.8. The summed E-state index contributed by atoms with van der Waals surface area (Å²) < 4.78 is 13.4. The molecule has 2 aromatic heterocycles. The maximum atomic E-state index is 6.96. The summed E-state index contributed by atoms with van der Waals surface area (Å²) in [4.78, 5) is 0. The molecule has 0 saturated heterocycles. The maximum Gasteiger partial charge on any atom is 0.143 e. The lowest BCUT2D eigenvalue weighted by atomic mass is 9.84. The zero-order valence-corrected chi connectivity index (χ0v) is 30.3. The summed E-state index contributed by atoms with van der Waals surface area (Å²) in [5.74, 6) is 0. The Morgan fingerprint density at radius 1 is 0.268 bits per heavy atom. The minimum absolute atomic E-state index is 0.875. The lowest BCUT2D eigenvalue weighted by molar-refractivity contribution is 0.669. The highest BCUT2D eigenvalue weighted by Gasteiger charge is 2.23. The first-order valence-corrected chi connectivity index (χ1v) is 19.2. The monoisotopic (exact) mass is 712 g/mol. The van der Waals surface area contributed by atoms with Gasteiger partial charge in [0.1, 0.15) is 22.3 Å². The molecule has 2 heterocycles. The molecule has 0 unspecified atom stereocenters. The molecule has 0 bridgehead atoms. The fraction of sp³-hybridized carbons (Fsp3) is 0. The second-order valence-corrected chi connectivity index (χ2v) is 14.7. The molecule has 0 fully saturated rings. The van der Waals surface area contributed by atoms with Gasteiger partial charge in [0.05, 0.1) is 0 Å². The van der Waals surface area contributed by atoms with Gasteiger partial charge in [0.25, 0.3) is 0 Å². The van der Waals surface area contributed by atoms with Gasteiger partial charge in [-0.15, -0.1) is 0 Å². The SMILES string of the molecule is c1cc(-c2cccc3c2oc2ccccc23)cc(-c2ccc(-c3c4ccccc4c(-c4cccc5ccccc45)c4ccccc34)c3oc4ccccc4c23)c1. The highest BCUT2D eigenvalue weighted by molar-refractivity contribution is 6.27. The van der Waals surface area contributed by atoms with E-state index in [4.69, 9.17) is 8.83 Å². The van der Waals surface area contributed by atoms with Crippen LogP contribution < -0.4 is 0 Å². The average molecular weight is 713 g/mol. The average Bonchev–Trinajstić information content (AvgIpc) is 3.85. The van der Waals surface area contributed by atoms with Gasteiger partial charge in [0, 0.05) is 38.2 Å². The molecule has 0 aliphatic heterocycles. The Morgan fingerprint density at radius 3 is 1.46 bits per heavy atom. The molecule has 2 nitrogen and oxygen atoms in total. The van der Waals surface area contributed by atoms with E-state index in [2.05, 4.69) is 182 Å². The Bertz CT molecular complexity index is 3480. The predicted molar refractivity (Wildman–Crippen MR) is 235 cm³/mol. The summed E-state index contributed by atoms with van der Waals surface area (Å²) in [7, 11) is 0. The summed E-state index contributed by atoms with van der Waals surface area (Å²) in [6.45, 7) is 0. The van der Waals surface area contributed by atoms with E-state index in [1.807, 2.05) is 12.1 Å². The van der Waals surface area contributed by atoms with Crippen molar-refractivity contribution in [3.8, 4) is 44.5 Å². The molecule has 0 saturated carbocycles. The lowest BCUT2D eigenvalue weighted by Crippen LogP contribution is -1.92. The van der Waals surface area contributed by atoms with Crippen LogP contribution in [-0.4, -0.2) is 0 Å². The number of para-hydroxylation sites is 3. The first-order valence-electron chi connectivity index (χ1n) is 19.2. The molecule has 0 aliphatic carbocycles. The third-order valence-electron chi connectivity index (χ3n) is 11.7. The van der Waals surface area contributed by atoms with Crippen molar-refractivity contribution in [3.63, 3.8) is 0 Å². The van der Waals surface area contributed by atoms with Gasteiger partial charge in [-0.25, -0.2) is 0 Å². The van der Waals surface area contributed by atoms with E-state index in [0.717, 1.165) is 71.7 Å². The van der Waals surface area contributed by atoms with Gasteiger partial charge in [0.2, 0.25) is 0 Å². The van der Waals surface area contributed by atoms with E-state index in [1.54, 1.807) is 0 Å². The van der Waals surface area contributed by atoms with E-state index in [0.29, 0.717) is 0 Å². The van der Waals surface area contributed by atoms with Crippen molar-refractivity contribution in [2.75, 3.05) is 0 Å². The molecule has 56 heavy (non-hydrogen) atoms. The molecule has 0 atom stereocenters. The topological polar surface area (TPSA) is 26.3 Å².